The highest BCUT2D eigenvalue weighted by Gasteiger charge is 2.08. The van der Waals surface area contributed by atoms with E-state index >= 15 is 0 Å². The molecule has 1 aromatic rings. The molecule has 0 aliphatic heterocycles. The van der Waals surface area contributed by atoms with Crippen LogP contribution in [0, 0.1) is 0 Å². The maximum atomic E-state index is 11.4. The first-order valence-electron chi connectivity index (χ1n) is 4.84. The second-order valence-corrected chi connectivity index (χ2v) is 4.67. The van der Waals surface area contributed by atoms with Gasteiger partial charge >= 0.3 is 0 Å². The second-order valence-electron chi connectivity index (χ2n) is 3.17. The predicted molar refractivity (Wildman–Crippen MR) is 65.2 cm³/mol. The Balaban J connectivity index is 2.94. The molecule has 0 atom stereocenters. The number of nitrogens with zero attached hydrogens (tertiary/aromatic N) is 1. The van der Waals surface area contributed by atoms with Crippen LogP contribution in [0.15, 0.2) is 29.4 Å². The van der Waals surface area contributed by atoms with E-state index in [1.54, 1.807) is 25.1 Å². The summed E-state index contributed by atoms with van der Waals surface area (Å²) in [6, 6.07) is 6.21. The molecule has 0 aliphatic rings. The highest BCUT2D eigenvalue weighted by molar-refractivity contribution is 7.90. The van der Waals surface area contributed by atoms with Crippen molar-refractivity contribution in [3.8, 4) is 0 Å². The molecule has 0 saturated heterocycles. The quantitative estimate of drug-likeness (QED) is 0.258. The minimum absolute atomic E-state index is 0.0884. The fraction of sp³-hybridized carbons (Fsp3) is 0.222. The molecular weight excluding hydrogens is 244 g/mol. The predicted octanol–water partition coefficient (Wildman–Crippen LogP) is 0.0473. The largest absolute Gasteiger partial charge is 0.409 e. The summed E-state index contributed by atoms with van der Waals surface area (Å²) >= 11 is 0. The summed E-state index contributed by atoms with van der Waals surface area (Å²) in [6.07, 6.45) is 0. The Morgan fingerprint density at radius 2 is 2.24 bits per heavy atom. The number of oxime groups is 1. The van der Waals surface area contributed by atoms with Crippen molar-refractivity contribution < 1.29 is 13.6 Å². The number of benzene rings is 1. The average Bonchev–Trinajstić information content (AvgIpc) is 2.27. The number of nitrogens with one attached hydrogen (secondary N) is 2. The van der Waals surface area contributed by atoms with Crippen molar-refractivity contribution in [1.29, 1.82) is 0 Å². The smallest absolute Gasteiger partial charge is 0.299 e. The maximum absolute atomic E-state index is 11.4. The number of anilines is 1. The number of hydrogen-bond acceptors (Lipinski definition) is 4. The summed E-state index contributed by atoms with van der Waals surface area (Å²) in [4.78, 5) is 0. The lowest BCUT2D eigenvalue weighted by Gasteiger charge is -2.08. The van der Waals surface area contributed by atoms with Gasteiger partial charge in [0.2, 0.25) is 0 Å². The van der Waals surface area contributed by atoms with Gasteiger partial charge in [0.05, 0.1) is 5.69 Å². The summed E-state index contributed by atoms with van der Waals surface area (Å²) in [6.45, 7) is 1.96. The monoisotopic (exact) mass is 258 g/mol. The van der Waals surface area contributed by atoms with E-state index in [-0.39, 0.29) is 12.4 Å². The fourth-order valence-corrected chi connectivity index (χ4v) is 2.07. The highest BCUT2D eigenvalue weighted by atomic mass is 32.2. The molecule has 0 spiro atoms. The van der Waals surface area contributed by atoms with Crippen LogP contribution < -0.4 is 15.2 Å². The summed E-state index contributed by atoms with van der Waals surface area (Å²) in [5.74, 6) is -0.0884. The van der Waals surface area contributed by atoms with E-state index in [4.69, 9.17) is 10.9 Å². The van der Waals surface area contributed by atoms with Gasteiger partial charge in [-0.2, -0.15) is 13.1 Å². The molecule has 0 amide bonds. The molecule has 8 heteroatoms. The zero-order chi connectivity index (χ0) is 12.9. The molecule has 0 radical (unpaired) electrons. The van der Waals surface area contributed by atoms with Crippen LogP contribution >= 0.6 is 0 Å². The molecule has 0 bridgehead atoms. The van der Waals surface area contributed by atoms with E-state index in [1.807, 2.05) is 0 Å². The van der Waals surface area contributed by atoms with Crippen molar-refractivity contribution in [3.63, 3.8) is 0 Å². The van der Waals surface area contributed by atoms with Gasteiger partial charge in [-0.3, -0.25) is 4.72 Å². The lowest BCUT2D eigenvalue weighted by Crippen LogP contribution is -2.29. The van der Waals surface area contributed by atoms with Crippen molar-refractivity contribution >= 4 is 21.7 Å². The third kappa shape index (κ3) is 3.93. The molecule has 0 unspecified atom stereocenters. The van der Waals surface area contributed by atoms with E-state index in [0.29, 0.717) is 11.3 Å². The Morgan fingerprint density at radius 1 is 1.53 bits per heavy atom. The molecule has 0 saturated carbocycles. The molecule has 0 aromatic heterocycles. The molecule has 94 valence electrons. The number of amidine groups is 1. The van der Waals surface area contributed by atoms with Crippen molar-refractivity contribution in [2.75, 3.05) is 11.3 Å². The number of nitrogens with two attached hydrogens (primary N) is 1. The lowest BCUT2D eigenvalue weighted by molar-refractivity contribution is 0.318. The van der Waals surface area contributed by atoms with Gasteiger partial charge in [0.1, 0.15) is 0 Å². The first kappa shape index (κ1) is 13.3. The number of hydrogen-bond donors (Lipinski definition) is 4. The van der Waals surface area contributed by atoms with Crippen LogP contribution in [0.25, 0.3) is 0 Å². The maximum Gasteiger partial charge on any atom is 0.299 e. The third-order valence-corrected chi connectivity index (χ3v) is 3.03. The van der Waals surface area contributed by atoms with Gasteiger partial charge in [-0.1, -0.05) is 24.2 Å². The minimum atomic E-state index is -3.58. The molecule has 1 rings (SSSR count). The average molecular weight is 258 g/mol. The van der Waals surface area contributed by atoms with Crippen molar-refractivity contribution in [3.05, 3.63) is 29.8 Å². The summed E-state index contributed by atoms with van der Waals surface area (Å²) in [7, 11) is -3.58. The van der Waals surface area contributed by atoms with Crippen LogP contribution in [0.4, 0.5) is 5.69 Å². The van der Waals surface area contributed by atoms with Gasteiger partial charge in [0.15, 0.2) is 5.84 Å². The molecule has 0 heterocycles. The van der Waals surface area contributed by atoms with Gasteiger partial charge in [0.25, 0.3) is 10.2 Å². The molecule has 0 aliphatic carbocycles. The zero-order valence-electron chi connectivity index (χ0n) is 9.21. The molecule has 1 aromatic carbocycles. The van der Waals surface area contributed by atoms with E-state index in [9.17, 15) is 8.42 Å². The molecule has 0 fully saturated rings. The first-order valence-corrected chi connectivity index (χ1v) is 6.32. The van der Waals surface area contributed by atoms with Crippen LogP contribution in [0.2, 0.25) is 0 Å². The summed E-state index contributed by atoms with van der Waals surface area (Å²) in [5, 5.41) is 11.3. The van der Waals surface area contributed by atoms with Crippen molar-refractivity contribution in [2.45, 2.75) is 6.92 Å². The Labute approximate surface area is 99.5 Å². The minimum Gasteiger partial charge on any atom is -0.409 e. The van der Waals surface area contributed by atoms with Gasteiger partial charge in [-0.25, -0.2) is 0 Å². The van der Waals surface area contributed by atoms with E-state index in [2.05, 4.69) is 14.6 Å². The Hall–Kier alpha value is -1.80. The van der Waals surface area contributed by atoms with Crippen LogP contribution in [0.1, 0.15) is 12.5 Å². The standard InChI is InChI=1S/C9H14N4O3S/c1-2-11-17(15,16)13-8-5-3-4-7(6-8)9(10)12-14/h3-6,11,13-14H,2H2,1H3,(H2,10,12). The van der Waals surface area contributed by atoms with Gasteiger partial charge < -0.3 is 10.9 Å². The fourth-order valence-electron chi connectivity index (χ4n) is 1.18. The van der Waals surface area contributed by atoms with Crippen LogP contribution in [0.5, 0.6) is 0 Å². The lowest BCUT2D eigenvalue weighted by atomic mass is 10.2. The molecular formula is C9H14N4O3S. The second kappa shape index (κ2) is 5.51. The summed E-state index contributed by atoms with van der Waals surface area (Å²) < 4.78 is 27.4. The van der Waals surface area contributed by atoms with E-state index in [0.717, 1.165) is 0 Å². The van der Waals surface area contributed by atoms with Crippen molar-refractivity contribution in [2.24, 2.45) is 10.9 Å². The summed E-state index contributed by atoms with van der Waals surface area (Å²) in [5.41, 5.74) is 6.14. The van der Waals surface area contributed by atoms with Crippen molar-refractivity contribution in [1.82, 2.24) is 4.72 Å². The third-order valence-electron chi connectivity index (χ3n) is 1.85. The van der Waals surface area contributed by atoms with Crippen LogP contribution in [0.3, 0.4) is 0 Å². The Bertz CT molecular complexity index is 513. The van der Waals surface area contributed by atoms with Crippen LogP contribution in [-0.4, -0.2) is 26.0 Å². The molecule has 7 nitrogen and oxygen atoms in total. The van der Waals surface area contributed by atoms with Gasteiger partial charge in [-0.05, 0) is 12.1 Å². The van der Waals surface area contributed by atoms with Gasteiger partial charge in [-0.15, -0.1) is 0 Å². The zero-order valence-corrected chi connectivity index (χ0v) is 10.0. The van der Waals surface area contributed by atoms with Crippen LogP contribution in [-0.2, 0) is 10.2 Å². The molecule has 5 N–H and O–H groups in total. The van der Waals surface area contributed by atoms with E-state index in [1.165, 1.54) is 6.07 Å². The van der Waals surface area contributed by atoms with Gasteiger partial charge in [0, 0.05) is 12.1 Å². The number of rotatable bonds is 5. The normalized spacial score (nSPS) is 12.4. The molecule has 17 heavy (non-hydrogen) atoms. The first-order chi connectivity index (χ1) is 7.98. The van der Waals surface area contributed by atoms with E-state index < -0.39 is 10.2 Å². The SMILES string of the molecule is CCNS(=O)(=O)Nc1cccc(/C(N)=N/O)c1. The Kier molecular flexibility index (Phi) is 4.30. The topological polar surface area (TPSA) is 117 Å². The highest BCUT2D eigenvalue weighted by Crippen LogP contribution is 2.11. The Morgan fingerprint density at radius 3 is 2.82 bits per heavy atom.